The van der Waals surface area contributed by atoms with Gasteiger partial charge in [-0.3, -0.25) is 4.99 Å². The lowest BCUT2D eigenvalue weighted by Crippen LogP contribution is -2.51. The van der Waals surface area contributed by atoms with E-state index >= 15 is 0 Å². The van der Waals surface area contributed by atoms with Gasteiger partial charge in [0.15, 0.2) is 10.6 Å². The van der Waals surface area contributed by atoms with Crippen LogP contribution in [0.2, 0.25) is 0 Å². The van der Waals surface area contributed by atoms with E-state index in [1.165, 1.54) is 6.07 Å². The van der Waals surface area contributed by atoms with Crippen LogP contribution in [0.15, 0.2) is 29.3 Å². The first kappa shape index (κ1) is 14.3. The van der Waals surface area contributed by atoms with Crippen molar-refractivity contribution in [3.8, 4) is 0 Å². The van der Waals surface area contributed by atoms with Crippen molar-refractivity contribution in [2.75, 3.05) is 13.3 Å². The second kappa shape index (κ2) is 5.51. The molecule has 3 nitrogen and oxygen atoms in total. The number of hydrogen-bond acceptors (Lipinski definition) is 3. The molecule has 1 aromatic carbocycles. The van der Waals surface area contributed by atoms with Crippen LogP contribution in [0.25, 0.3) is 0 Å². The van der Waals surface area contributed by atoms with Crippen molar-refractivity contribution in [2.45, 2.75) is 30.6 Å². The predicted octanol–water partition coefficient (Wildman–Crippen LogP) is 2.42. The van der Waals surface area contributed by atoms with Gasteiger partial charge in [-0.05, 0) is 30.6 Å². The quantitative estimate of drug-likeness (QED) is 0.847. The Morgan fingerprint density at radius 1 is 1.47 bits per heavy atom. The summed E-state index contributed by atoms with van der Waals surface area (Å²) in [6.45, 7) is 1.94. The van der Waals surface area contributed by atoms with Crippen molar-refractivity contribution >= 4 is 17.0 Å². The van der Waals surface area contributed by atoms with Gasteiger partial charge in [0, 0.05) is 19.0 Å². The van der Waals surface area contributed by atoms with Gasteiger partial charge in [0.2, 0.25) is 0 Å². The van der Waals surface area contributed by atoms with E-state index in [4.69, 9.17) is 0 Å². The maximum atomic E-state index is 13.8. The number of rotatable bonds is 2. The molecule has 0 aromatic heterocycles. The van der Waals surface area contributed by atoms with Crippen LogP contribution in [0, 0.1) is 5.82 Å². The molecule has 0 saturated carbocycles. The molecule has 0 radical (unpaired) electrons. The van der Waals surface area contributed by atoms with Gasteiger partial charge in [-0.1, -0.05) is 18.2 Å². The Bertz CT molecular complexity index is 492. The molecule has 5 heteroatoms. The van der Waals surface area contributed by atoms with E-state index in [2.05, 4.69) is 10.3 Å². The van der Waals surface area contributed by atoms with Crippen LogP contribution in [0.1, 0.15) is 31.4 Å². The molecule has 1 aromatic rings. The molecule has 2 rings (SSSR count). The Kier molecular flexibility index (Phi) is 4.16. The van der Waals surface area contributed by atoms with Crippen LogP contribution in [0.3, 0.4) is 0 Å². The van der Waals surface area contributed by atoms with Crippen molar-refractivity contribution in [2.24, 2.45) is 4.99 Å². The SMILES string of the molecule is CNC1=NC(c2ccccc2F)CC[C@]1(C)[S+](C)[O-]. The smallest absolute Gasteiger partial charge is 0.178 e. The van der Waals surface area contributed by atoms with E-state index in [0.29, 0.717) is 17.8 Å². The Morgan fingerprint density at radius 3 is 2.74 bits per heavy atom. The van der Waals surface area contributed by atoms with Crippen LogP contribution in [-0.4, -0.2) is 28.4 Å². The van der Waals surface area contributed by atoms with Crippen LogP contribution in [0.4, 0.5) is 4.39 Å². The zero-order valence-corrected chi connectivity index (χ0v) is 12.3. The summed E-state index contributed by atoms with van der Waals surface area (Å²) in [6, 6.07) is 6.52. The fourth-order valence-corrected chi connectivity index (χ4v) is 3.30. The van der Waals surface area contributed by atoms with E-state index in [1.807, 2.05) is 13.0 Å². The summed E-state index contributed by atoms with van der Waals surface area (Å²) in [4.78, 5) is 4.58. The fourth-order valence-electron chi connectivity index (χ4n) is 2.47. The highest BCUT2D eigenvalue weighted by Crippen LogP contribution is 2.36. The highest BCUT2D eigenvalue weighted by Gasteiger charge is 2.43. The van der Waals surface area contributed by atoms with Gasteiger partial charge in [-0.2, -0.15) is 0 Å². The fraction of sp³-hybridized carbons (Fsp3) is 0.500. The molecule has 1 heterocycles. The Balaban J connectivity index is 2.36. The molecule has 1 aliphatic rings. The summed E-state index contributed by atoms with van der Waals surface area (Å²) in [7, 11) is 1.77. The molecule has 104 valence electrons. The molecular weight excluding hydrogens is 263 g/mol. The highest BCUT2D eigenvalue weighted by molar-refractivity contribution is 7.92. The minimum absolute atomic E-state index is 0.194. The number of amidine groups is 1. The minimum atomic E-state index is -1.01. The molecule has 3 atom stereocenters. The van der Waals surface area contributed by atoms with E-state index in [-0.39, 0.29) is 11.9 Å². The van der Waals surface area contributed by atoms with Crippen molar-refractivity contribution < 1.29 is 8.94 Å². The molecule has 2 unspecified atom stereocenters. The summed E-state index contributed by atoms with van der Waals surface area (Å²) in [6.07, 6.45) is 3.13. The standard InChI is InChI=1S/C14H19FN2OS/c1-14(19(3)18)9-8-12(17-13(14)16-2)10-6-4-5-7-11(10)15/h4-7,12H,8-9H2,1-3H3,(H,16,17)/t12?,14-,19?/m0/s1. The normalized spacial score (nSPS) is 28.7. The van der Waals surface area contributed by atoms with Gasteiger partial charge >= 0.3 is 0 Å². The average molecular weight is 282 g/mol. The number of halogens is 1. The molecule has 0 aliphatic carbocycles. The number of aliphatic imine (C=N–C) groups is 1. The third-order valence-electron chi connectivity index (χ3n) is 3.82. The van der Waals surface area contributed by atoms with Gasteiger partial charge in [0.1, 0.15) is 5.82 Å². The maximum Gasteiger partial charge on any atom is 0.178 e. The summed E-state index contributed by atoms with van der Waals surface area (Å²) in [5.74, 6) is 0.473. The summed E-state index contributed by atoms with van der Waals surface area (Å²) < 4.78 is 25.3. The molecule has 0 spiro atoms. The maximum absolute atomic E-state index is 13.8. The van der Waals surface area contributed by atoms with E-state index < -0.39 is 15.9 Å². The first-order chi connectivity index (χ1) is 8.99. The van der Waals surface area contributed by atoms with Crippen LogP contribution in [0.5, 0.6) is 0 Å². The summed E-state index contributed by atoms with van der Waals surface area (Å²) in [5, 5.41) is 3.03. The predicted molar refractivity (Wildman–Crippen MR) is 77.3 cm³/mol. The third-order valence-corrected chi connectivity index (χ3v) is 5.48. The molecular formula is C14H19FN2OS. The number of hydrogen-bond donors (Lipinski definition) is 1. The lowest BCUT2D eigenvalue weighted by atomic mass is 9.91. The third kappa shape index (κ3) is 2.62. The first-order valence-electron chi connectivity index (χ1n) is 6.33. The van der Waals surface area contributed by atoms with Gasteiger partial charge in [0.05, 0.1) is 12.3 Å². The lowest BCUT2D eigenvalue weighted by Gasteiger charge is -2.36. The first-order valence-corrected chi connectivity index (χ1v) is 7.89. The van der Waals surface area contributed by atoms with Crippen LogP contribution < -0.4 is 5.32 Å². The molecule has 0 amide bonds. The van der Waals surface area contributed by atoms with Gasteiger partial charge in [-0.25, -0.2) is 4.39 Å². The zero-order chi connectivity index (χ0) is 14.0. The second-order valence-corrected chi connectivity index (χ2v) is 6.80. The van der Waals surface area contributed by atoms with E-state index in [0.717, 1.165) is 6.42 Å². The number of benzene rings is 1. The van der Waals surface area contributed by atoms with Crippen molar-refractivity contribution in [3.63, 3.8) is 0 Å². The zero-order valence-electron chi connectivity index (χ0n) is 11.4. The number of nitrogens with zero attached hydrogens (tertiary/aromatic N) is 1. The van der Waals surface area contributed by atoms with E-state index in [9.17, 15) is 8.94 Å². The van der Waals surface area contributed by atoms with Crippen molar-refractivity contribution in [3.05, 3.63) is 35.6 Å². The van der Waals surface area contributed by atoms with Crippen LogP contribution >= 0.6 is 0 Å². The van der Waals surface area contributed by atoms with Gasteiger partial charge in [-0.15, -0.1) is 0 Å². The van der Waals surface area contributed by atoms with Crippen LogP contribution in [-0.2, 0) is 11.2 Å². The second-order valence-electron chi connectivity index (χ2n) is 4.99. The molecule has 19 heavy (non-hydrogen) atoms. The highest BCUT2D eigenvalue weighted by atomic mass is 32.2. The Hall–Kier alpha value is -1.07. The summed E-state index contributed by atoms with van der Waals surface area (Å²) in [5.41, 5.74) is 0.610. The van der Waals surface area contributed by atoms with Crippen molar-refractivity contribution in [1.82, 2.24) is 5.32 Å². The Labute approximate surface area is 116 Å². The molecule has 0 bridgehead atoms. The minimum Gasteiger partial charge on any atom is -0.616 e. The summed E-state index contributed by atoms with van der Waals surface area (Å²) >= 11 is -1.01. The lowest BCUT2D eigenvalue weighted by molar-refractivity contribution is 0.487. The number of nitrogens with one attached hydrogen (secondary N) is 1. The molecule has 1 N–H and O–H groups in total. The van der Waals surface area contributed by atoms with Gasteiger partial charge < -0.3 is 9.87 Å². The molecule has 1 aliphatic heterocycles. The van der Waals surface area contributed by atoms with Gasteiger partial charge in [0.25, 0.3) is 0 Å². The molecule has 0 saturated heterocycles. The Morgan fingerprint density at radius 2 is 2.16 bits per heavy atom. The van der Waals surface area contributed by atoms with Crippen molar-refractivity contribution in [1.29, 1.82) is 0 Å². The largest absolute Gasteiger partial charge is 0.616 e. The average Bonchev–Trinajstić information content (AvgIpc) is 2.40. The topological polar surface area (TPSA) is 47.5 Å². The monoisotopic (exact) mass is 282 g/mol. The van der Waals surface area contributed by atoms with E-state index in [1.54, 1.807) is 25.4 Å². The molecule has 0 fully saturated rings.